The largest absolute Gasteiger partial charge is 0.496 e. The van der Waals surface area contributed by atoms with Gasteiger partial charge in [0.25, 0.3) is 0 Å². The Hall–Kier alpha value is -2.27. The van der Waals surface area contributed by atoms with Crippen LogP contribution in [0.3, 0.4) is 0 Å². The van der Waals surface area contributed by atoms with E-state index in [0.717, 1.165) is 5.69 Å². The van der Waals surface area contributed by atoms with Crippen LogP contribution in [-0.4, -0.2) is 26.3 Å². The van der Waals surface area contributed by atoms with E-state index in [2.05, 4.69) is 17.2 Å². The zero-order valence-corrected chi connectivity index (χ0v) is 12.7. The van der Waals surface area contributed by atoms with E-state index in [1.165, 1.54) is 0 Å². The minimum Gasteiger partial charge on any atom is -0.496 e. The molecule has 0 aliphatic heterocycles. The van der Waals surface area contributed by atoms with E-state index in [0.29, 0.717) is 23.0 Å². The Kier molecular flexibility index (Phi) is 5.00. The summed E-state index contributed by atoms with van der Waals surface area (Å²) in [6.07, 6.45) is 1.70. The molecule has 1 unspecified atom stereocenters. The molecule has 5 heteroatoms. The SMILES string of the molecule is CNC(C)c1ccc(Oc2cc(OC)cc(OC)c2)cn1. The molecule has 21 heavy (non-hydrogen) atoms. The lowest BCUT2D eigenvalue weighted by atomic mass is 10.2. The van der Waals surface area contributed by atoms with E-state index < -0.39 is 0 Å². The Bertz CT molecular complexity index is 562. The average molecular weight is 288 g/mol. The third kappa shape index (κ3) is 3.86. The number of nitrogens with one attached hydrogen (secondary N) is 1. The first-order valence-electron chi connectivity index (χ1n) is 6.70. The molecule has 1 atom stereocenters. The normalized spacial score (nSPS) is 11.8. The summed E-state index contributed by atoms with van der Waals surface area (Å²) in [5.41, 5.74) is 0.966. The van der Waals surface area contributed by atoms with E-state index in [1.807, 2.05) is 19.2 Å². The quantitative estimate of drug-likeness (QED) is 0.884. The van der Waals surface area contributed by atoms with Crippen molar-refractivity contribution in [2.24, 2.45) is 0 Å². The number of rotatable bonds is 6. The van der Waals surface area contributed by atoms with E-state index in [-0.39, 0.29) is 6.04 Å². The van der Waals surface area contributed by atoms with Gasteiger partial charge in [0.05, 0.1) is 26.1 Å². The minimum absolute atomic E-state index is 0.205. The zero-order chi connectivity index (χ0) is 15.2. The second-order valence-electron chi connectivity index (χ2n) is 4.58. The number of hydrogen-bond acceptors (Lipinski definition) is 5. The summed E-state index contributed by atoms with van der Waals surface area (Å²) in [5, 5.41) is 3.14. The molecular formula is C16H20N2O3. The Morgan fingerprint density at radius 1 is 0.952 bits per heavy atom. The van der Waals surface area contributed by atoms with E-state index >= 15 is 0 Å². The van der Waals surface area contributed by atoms with Crippen molar-refractivity contribution < 1.29 is 14.2 Å². The number of nitrogens with zero attached hydrogens (tertiary/aromatic N) is 1. The fourth-order valence-corrected chi connectivity index (χ4v) is 1.83. The molecule has 0 amide bonds. The van der Waals surface area contributed by atoms with Crippen molar-refractivity contribution in [1.29, 1.82) is 0 Å². The van der Waals surface area contributed by atoms with E-state index in [9.17, 15) is 0 Å². The molecule has 2 rings (SSSR count). The molecule has 1 heterocycles. The third-order valence-electron chi connectivity index (χ3n) is 3.20. The number of aromatic nitrogens is 1. The highest BCUT2D eigenvalue weighted by atomic mass is 16.5. The maximum absolute atomic E-state index is 5.79. The minimum atomic E-state index is 0.205. The van der Waals surface area contributed by atoms with Gasteiger partial charge in [0, 0.05) is 24.2 Å². The second kappa shape index (κ2) is 6.95. The van der Waals surface area contributed by atoms with Crippen LogP contribution in [0.5, 0.6) is 23.0 Å². The molecule has 0 saturated heterocycles. The van der Waals surface area contributed by atoms with E-state index in [1.54, 1.807) is 38.6 Å². The number of benzene rings is 1. The molecule has 5 nitrogen and oxygen atoms in total. The van der Waals surface area contributed by atoms with Crippen LogP contribution in [0.25, 0.3) is 0 Å². The lowest BCUT2D eigenvalue weighted by molar-refractivity contribution is 0.386. The van der Waals surface area contributed by atoms with Crippen LogP contribution in [0.4, 0.5) is 0 Å². The summed E-state index contributed by atoms with van der Waals surface area (Å²) in [4.78, 5) is 4.38. The maximum atomic E-state index is 5.79. The van der Waals surface area contributed by atoms with Crippen molar-refractivity contribution >= 4 is 0 Å². The highest BCUT2D eigenvalue weighted by Crippen LogP contribution is 2.30. The first-order chi connectivity index (χ1) is 10.2. The molecule has 1 aromatic heterocycles. The van der Waals surface area contributed by atoms with Gasteiger partial charge in [0.1, 0.15) is 23.0 Å². The molecule has 0 fully saturated rings. The third-order valence-corrected chi connectivity index (χ3v) is 3.20. The fourth-order valence-electron chi connectivity index (χ4n) is 1.83. The molecule has 0 aliphatic rings. The van der Waals surface area contributed by atoms with Crippen molar-refractivity contribution in [3.05, 3.63) is 42.2 Å². The topological polar surface area (TPSA) is 52.6 Å². The molecule has 1 N–H and O–H groups in total. The maximum Gasteiger partial charge on any atom is 0.145 e. The van der Waals surface area contributed by atoms with Gasteiger partial charge in [0.15, 0.2) is 0 Å². The van der Waals surface area contributed by atoms with Crippen molar-refractivity contribution in [2.75, 3.05) is 21.3 Å². The molecule has 0 aliphatic carbocycles. The average Bonchev–Trinajstić information content (AvgIpc) is 2.54. The number of pyridine rings is 1. The molecule has 1 aromatic carbocycles. The van der Waals surface area contributed by atoms with Crippen LogP contribution in [0, 0.1) is 0 Å². The number of hydrogen-bond donors (Lipinski definition) is 1. The highest BCUT2D eigenvalue weighted by Gasteiger charge is 2.07. The Morgan fingerprint density at radius 3 is 2.05 bits per heavy atom. The van der Waals surface area contributed by atoms with Crippen molar-refractivity contribution in [2.45, 2.75) is 13.0 Å². The molecule has 0 saturated carbocycles. The van der Waals surface area contributed by atoms with Crippen LogP contribution in [0.15, 0.2) is 36.5 Å². The lowest BCUT2D eigenvalue weighted by Crippen LogP contribution is -2.13. The summed E-state index contributed by atoms with van der Waals surface area (Å²) in [5.74, 6) is 2.66. The predicted octanol–water partition coefficient (Wildman–Crippen LogP) is 3.17. The fraction of sp³-hybridized carbons (Fsp3) is 0.312. The summed E-state index contributed by atoms with van der Waals surface area (Å²) < 4.78 is 16.2. The van der Waals surface area contributed by atoms with Gasteiger partial charge >= 0.3 is 0 Å². The lowest BCUT2D eigenvalue weighted by Gasteiger charge is -2.12. The van der Waals surface area contributed by atoms with Crippen LogP contribution in [0.2, 0.25) is 0 Å². The Balaban J connectivity index is 2.17. The molecule has 0 spiro atoms. The van der Waals surface area contributed by atoms with Crippen LogP contribution < -0.4 is 19.5 Å². The van der Waals surface area contributed by atoms with Gasteiger partial charge < -0.3 is 19.5 Å². The van der Waals surface area contributed by atoms with Gasteiger partial charge in [-0.1, -0.05) is 0 Å². The summed E-state index contributed by atoms with van der Waals surface area (Å²) >= 11 is 0. The second-order valence-corrected chi connectivity index (χ2v) is 4.58. The molecule has 112 valence electrons. The molecule has 0 bridgehead atoms. The van der Waals surface area contributed by atoms with Gasteiger partial charge in [-0.05, 0) is 26.1 Å². The monoisotopic (exact) mass is 288 g/mol. The Labute approximate surface area is 124 Å². The van der Waals surface area contributed by atoms with Crippen molar-refractivity contribution in [1.82, 2.24) is 10.3 Å². The summed E-state index contributed by atoms with van der Waals surface area (Å²) in [6.45, 7) is 2.05. The number of methoxy groups -OCH3 is 2. The molecule has 0 radical (unpaired) electrons. The summed E-state index contributed by atoms with van der Waals surface area (Å²) in [6, 6.07) is 9.42. The van der Waals surface area contributed by atoms with Gasteiger partial charge in [-0.25, -0.2) is 0 Å². The van der Waals surface area contributed by atoms with Gasteiger partial charge in [-0.15, -0.1) is 0 Å². The van der Waals surface area contributed by atoms with Crippen molar-refractivity contribution in [3.63, 3.8) is 0 Å². The van der Waals surface area contributed by atoms with E-state index in [4.69, 9.17) is 14.2 Å². The highest BCUT2D eigenvalue weighted by molar-refractivity contribution is 5.43. The molecular weight excluding hydrogens is 268 g/mol. The van der Waals surface area contributed by atoms with Crippen molar-refractivity contribution in [3.8, 4) is 23.0 Å². The van der Waals surface area contributed by atoms with Crippen LogP contribution in [-0.2, 0) is 0 Å². The first kappa shape index (κ1) is 15.1. The van der Waals surface area contributed by atoms with Crippen LogP contribution >= 0.6 is 0 Å². The predicted molar refractivity (Wildman–Crippen MR) is 81.3 cm³/mol. The molecule has 2 aromatic rings. The standard InChI is InChI=1S/C16H20N2O3/c1-11(17-2)16-6-5-12(10-18-16)21-15-8-13(19-3)7-14(9-15)20-4/h5-11,17H,1-4H3. The number of ether oxygens (including phenoxy) is 3. The first-order valence-corrected chi connectivity index (χ1v) is 6.70. The Morgan fingerprint density at radius 2 is 1.57 bits per heavy atom. The van der Waals surface area contributed by atoms with Gasteiger partial charge in [-0.3, -0.25) is 4.98 Å². The smallest absolute Gasteiger partial charge is 0.145 e. The summed E-state index contributed by atoms with van der Waals surface area (Å²) in [7, 11) is 5.11. The van der Waals surface area contributed by atoms with Crippen LogP contribution in [0.1, 0.15) is 18.7 Å². The van der Waals surface area contributed by atoms with Gasteiger partial charge in [-0.2, -0.15) is 0 Å². The van der Waals surface area contributed by atoms with Gasteiger partial charge in [0.2, 0.25) is 0 Å². The zero-order valence-electron chi connectivity index (χ0n) is 12.7.